The van der Waals surface area contributed by atoms with Crippen LogP contribution in [0.1, 0.15) is 29.4 Å². The van der Waals surface area contributed by atoms with Gasteiger partial charge in [-0.05, 0) is 25.2 Å². The van der Waals surface area contributed by atoms with Gasteiger partial charge in [-0.15, -0.1) is 11.8 Å². The third-order valence-corrected chi connectivity index (χ3v) is 3.26. The maximum Gasteiger partial charge on any atom is 0.339 e. The standard InChI is InChI=1S/C10H12ClNO2S/c1-3-4-15-7-5-6(2)12-9(11)8(7)10(13)14/h5H,3-4H2,1-2H3,(H,13,14). The number of carbonyl (C=O) groups is 1. The van der Waals surface area contributed by atoms with Crippen molar-refractivity contribution in [3.63, 3.8) is 0 Å². The molecule has 15 heavy (non-hydrogen) atoms. The number of carboxylic acid groups (broad SMARTS) is 1. The predicted octanol–water partition coefficient (Wildman–Crippen LogP) is 3.24. The van der Waals surface area contributed by atoms with Crippen molar-refractivity contribution in [2.24, 2.45) is 0 Å². The summed E-state index contributed by atoms with van der Waals surface area (Å²) in [6.07, 6.45) is 0.989. The number of aryl methyl sites for hydroxylation is 1. The zero-order chi connectivity index (χ0) is 11.4. The van der Waals surface area contributed by atoms with E-state index in [9.17, 15) is 4.79 Å². The highest BCUT2D eigenvalue weighted by atomic mass is 35.5. The van der Waals surface area contributed by atoms with Crippen molar-refractivity contribution in [3.8, 4) is 0 Å². The Morgan fingerprint density at radius 3 is 2.87 bits per heavy atom. The van der Waals surface area contributed by atoms with Crippen LogP contribution < -0.4 is 0 Å². The first-order chi connectivity index (χ1) is 7.06. The monoisotopic (exact) mass is 245 g/mol. The molecule has 0 aliphatic rings. The maximum absolute atomic E-state index is 11.0. The molecule has 5 heteroatoms. The Morgan fingerprint density at radius 1 is 1.67 bits per heavy atom. The van der Waals surface area contributed by atoms with E-state index in [0.29, 0.717) is 4.90 Å². The second-order valence-electron chi connectivity index (χ2n) is 3.08. The molecule has 1 rings (SSSR count). The highest BCUT2D eigenvalue weighted by molar-refractivity contribution is 7.99. The molecular weight excluding hydrogens is 234 g/mol. The van der Waals surface area contributed by atoms with Gasteiger partial charge in [0, 0.05) is 10.6 Å². The van der Waals surface area contributed by atoms with Crippen molar-refractivity contribution in [1.29, 1.82) is 0 Å². The normalized spacial score (nSPS) is 10.3. The topological polar surface area (TPSA) is 50.2 Å². The molecule has 3 nitrogen and oxygen atoms in total. The van der Waals surface area contributed by atoms with Crippen LogP contribution in [0.25, 0.3) is 0 Å². The van der Waals surface area contributed by atoms with Crippen molar-refractivity contribution in [2.75, 3.05) is 5.75 Å². The molecule has 0 radical (unpaired) electrons. The fourth-order valence-electron chi connectivity index (χ4n) is 1.13. The van der Waals surface area contributed by atoms with Crippen molar-refractivity contribution in [3.05, 3.63) is 22.5 Å². The summed E-state index contributed by atoms with van der Waals surface area (Å²) < 4.78 is 0. The van der Waals surface area contributed by atoms with E-state index in [-0.39, 0.29) is 10.7 Å². The molecule has 1 heterocycles. The van der Waals surface area contributed by atoms with E-state index in [1.54, 1.807) is 13.0 Å². The van der Waals surface area contributed by atoms with Gasteiger partial charge in [-0.2, -0.15) is 0 Å². The van der Waals surface area contributed by atoms with E-state index in [0.717, 1.165) is 17.9 Å². The minimum absolute atomic E-state index is 0.0705. The molecule has 1 N–H and O–H groups in total. The van der Waals surface area contributed by atoms with E-state index in [4.69, 9.17) is 16.7 Å². The maximum atomic E-state index is 11.0. The van der Waals surface area contributed by atoms with Crippen LogP contribution in [0.5, 0.6) is 0 Å². The van der Waals surface area contributed by atoms with Gasteiger partial charge in [0.2, 0.25) is 0 Å². The van der Waals surface area contributed by atoms with Crippen LogP contribution in [0, 0.1) is 6.92 Å². The van der Waals surface area contributed by atoms with Gasteiger partial charge in [-0.25, -0.2) is 9.78 Å². The van der Waals surface area contributed by atoms with E-state index in [2.05, 4.69) is 4.98 Å². The Hall–Kier alpha value is -0.740. The van der Waals surface area contributed by atoms with Gasteiger partial charge in [-0.3, -0.25) is 0 Å². The second kappa shape index (κ2) is 5.37. The minimum Gasteiger partial charge on any atom is -0.478 e. The summed E-state index contributed by atoms with van der Waals surface area (Å²) in [6.45, 7) is 3.84. The number of halogens is 1. The molecule has 0 bridgehead atoms. The Bertz CT molecular complexity index is 382. The lowest BCUT2D eigenvalue weighted by molar-refractivity contribution is 0.0693. The summed E-state index contributed by atoms with van der Waals surface area (Å²) in [5.74, 6) is -0.147. The SMILES string of the molecule is CCCSc1cc(C)nc(Cl)c1C(=O)O. The molecule has 1 aromatic heterocycles. The lowest BCUT2D eigenvalue weighted by Gasteiger charge is -2.07. The highest BCUT2D eigenvalue weighted by Crippen LogP contribution is 2.28. The van der Waals surface area contributed by atoms with Crippen LogP contribution in [0.2, 0.25) is 5.15 Å². The number of aromatic nitrogens is 1. The lowest BCUT2D eigenvalue weighted by Crippen LogP contribution is -2.03. The van der Waals surface area contributed by atoms with Crippen molar-refractivity contribution >= 4 is 29.3 Å². The summed E-state index contributed by atoms with van der Waals surface area (Å²) in [5, 5.41) is 9.07. The first kappa shape index (κ1) is 12.3. The molecule has 0 aliphatic heterocycles. The third-order valence-electron chi connectivity index (χ3n) is 1.74. The molecule has 0 aliphatic carbocycles. The number of thioether (sulfide) groups is 1. The number of hydrogen-bond donors (Lipinski definition) is 1. The van der Waals surface area contributed by atoms with Gasteiger partial charge >= 0.3 is 5.97 Å². The zero-order valence-electron chi connectivity index (χ0n) is 8.58. The molecule has 0 saturated carbocycles. The fourth-order valence-corrected chi connectivity index (χ4v) is 2.50. The van der Waals surface area contributed by atoms with Gasteiger partial charge in [0.25, 0.3) is 0 Å². The number of nitrogens with zero attached hydrogens (tertiary/aromatic N) is 1. The van der Waals surface area contributed by atoms with Gasteiger partial charge in [0.15, 0.2) is 0 Å². The molecule has 1 aromatic rings. The Kier molecular flexibility index (Phi) is 4.42. The summed E-state index contributed by atoms with van der Waals surface area (Å²) in [6, 6.07) is 1.76. The molecule has 82 valence electrons. The Labute approximate surface area is 97.9 Å². The smallest absolute Gasteiger partial charge is 0.339 e. The van der Waals surface area contributed by atoms with Crippen LogP contribution in [-0.2, 0) is 0 Å². The van der Waals surface area contributed by atoms with Crippen LogP contribution in [0.3, 0.4) is 0 Å². The van der Waals surface area contributed by atoms with E-state index >= 15 is 0 Å². The summed E-state index contributed by atoms with van der Waals surface area (Å²) in [5.41, 5.74) is 0.851. The molecule has 0 saturated heterocycles. The molecule has 0 aromatic carbocycles. The summed E-state index contributed by atoms with van der Waals surface area (Å²) >= 11 is 7.30. The van der Waals surface area contributed by atoms with Gasteiger partial charge < -0.3 is 5.11 Å². The zero-order valence-corrected chi connectivity index (χ0v) is 10.2. The van der Waals surface area contributed by atoms with Gasteiger partial charge in [0.1, 0.15) is 10.7 Å². The van der Waals surface area contributed by atoms with Gasteiger partial charge in [0.05, 0.1) is 0 Å². The van der Waals surface area contributed by atoms with Crippen molar-refractivity contribution in [2.45, 2.75) is 25.2 Å². The van der Waals surface area contributed by atoms with Crippen LogP contribution in [0.4, 0.5) is 0 Å². The number of rotatable bonds is 4. The molecule has 0 atom stereocenters. The van der Waals surface area contributed by atoms with E-state index < -0.39 is 5.97 Å². The molecule has 0 fully saturated rings. The van der Waals surface area contributed by atoms with Crippen LogP contribution in [0.15, 0.2) is 11.0 Å². The first-order valence-corrected chi connectivity index (χ1v) is 5.95. The molecule has 0 spiro atoms. The third kappa shape index (κ3) is 3.11. The molecular formula is C10H12ClNO2S. The second-order valence-corrected chi connectivity index (χ2v) is 4.58. The lowest BCUT2D eigenvalue weighted by atomic mass is 10.2. The van der Waals surface area contributed by atoms with Crippen molar-refractivity contribution in [1.82, 2.24) is 4.98 Å². The summed E-state index contributed by atoms with van der Waals surface area (Å²) in [4.78, 5) is 15.6. The number of pyridine rings is 1. The number of aromatic carboxylic acids is 1. The van der Waals surface area contributed by atoms with Crippen LogP contribution >= 0.6 is 23.4 Å². The minimum atomic E-state index is -1.02. The highest BCUT2D eigenvalue weighted by Gasteiger charge is 2.16. The van der Waals surface area contributed by atoms with E-state index in [1.165, 1.54) is 11.8 Å². The number of hydrogen-bond acceptors (Lipinski definition) is 3. The van der Waals surface area contributed by atoms with Crippen molar-refractivity contribution < 1.29 is 9.90 Å². The van der Waals surface area contributed by atoms with Crippen LogP contribution in [-0.4, -0.2) is 21.8 Å². The van der Waals surface area contributed by atoms with E-state index in [1.807, 2.05) is 6.92 Å². The predicted molar refractivity (Wildman–Crippen MR) is 62.0 cm³/mol. The molecule has 0 unspecified atom stereocenters. The summed E-state index contributed by atoms with van der Waals surface area (Å²) in [7, 11) is 0. The Balaban J connectivity index is 3.14. The first-order valence-electron chi connectivity index (χ1n) is 4.59. The number of carboxylic acids is 1. The molecule has 0 amide bonds. The average Bonchev–Trinajstić information content (AvgIpc) is 2.12. The average molecular weight is 246 g/mol. The fraction of sp³-hybridized carbons (Fsp3) is 0.400. The quantitative estimate of drug-likeness (QED) is 0.654. The van der Waals surface area contributed by atoms with Gasteiger partial charge in [-0.1, -0.05) is 18.5 Å². The largest absolute Gasteiger partial charge is 0.478 e. The Morgan fingerprint density at radius 2 is 2.33 bits per heavy atom.